The molecule has 1 atom stereocenters. The molecule has 0 heterocycles. The Morgan fingerprint density at radius 2 is 1.86 bits per heavy atom. The summed E-state index contributed by atoms with van der Waals surface area (Å²) in [5, 5.41) is 12.9. The fraction of sp³-hybridized carbons (Fsp3) is 0.364. The Morgan fingerprint density at radius 3 is 2.52 bits per heavy atom. The fourth-order valence-electron chi connectivity index (χ4n) is 3.76. The third-order valence-corrected chi connectivity index (χ3v) is 5.49. The van der Waals surface area contributed by atoms with Crippen molar-refractivity contribution in [1.82, 2.24) is 5.32 Å². The molecular weight excluding hydrogens is 395 g/mol. The number of hydrogen-bond acceptors (Lipinski definition) is 3. The van der Waals surface area contributed by atoms with Crippen LogP contribution in [-0.2, 0) is 9.59 Å². The van der Waals surface area contributed by atoms with E-state index in [1.807, 2.05) is 0 Å². The Labute approximate surface area is 174 Å². The molecule has 5 nitrogen and oxygen atoms in total. The third kappa shape index (κ3) is 5.14. The third-order valence-electron chi connectivity index (χ3n) is 5.15. The summed E-state index contributed by atoms with van der Waals surface area (Å²) in [6, 6.07) is 11.0. The molecule has 1 unspecified atom stereocenters. The van der Waals surface area contributed by atoms with E-state index >= 15 is 0 Å². The summed E-state index contributed by atoms with van der Waals surface area (Å²) in [6.45, 7) is -0.825. The first-order valence-corrected chi connectivity index (χ1v) is 10.1. The summed E-state index contributed by atoms with van der Waals surface area (Å²) in [5.74, 6) is -1.68. The first-order valence-electron chi connectivity index (χ1n) is 9.74. The highest BCUT2D eigenvalue weighted by Crippen LogP contribution is 2.33. The number of amides is 2. The van der Waals surface area contributed by atoms with Crippen LogP contribution < -0.4 is 10.2 Å². The highest BCUT2D eigenvalue weighted by Gasteiger charge is 2.35. The minimum atomic E-state index is -1.13. The van der Waals surface area contributed by atoms with Crippen molar-refractivity contribution in [2.75, 3.05) is 11.5 Å². The van der Waals surface area contributed by atoms with E-state index in [0.717, 1.165) is 43.1 Å². The zero-order valence-electron chi connectivity index (χ0n) is 16.0. The van der Waals surface area contributed by atoms with Crippen molar-refractivity contribution < 1.29 is 19.1 Å². The van der Waals surface area contributed by atoms with Crippen molar-refractivity contribution in [3.63, 3.8) is 0 Å². The summed E-state index contributed by atoms with van der Waals surface area (Å²) in [6.07, 6.45) is 4.94. The molecule has 2 amide bonds. The van der Waals surface area contributed by atoms with Crippen molar-refractivity contribution in [1.29, 1.82) is 0 Å². The number of hydrogen-bond donors (Lipinski definition) is 2. The van der Waals surface area contributed by atoms with Crippen LogP contribution in [0.4, 0.5) is 10.1 Å². The molecule has 0 bridgehead atoms. The van der Waals surface area contributed by atoms with Gasteiger partial charge in [-0.05, 0) is 37.1 Å². The normalized spacial score (nSPS) is 15.6. The molecule has 2 N–H and O–H groups in total. The average molecular weight is 419 g/mol. The number of nitrogens with zero attached hydrogens (tertiary/aromatic N) is 1. The van der Waals surface area contributed by atoms with Crippen LogP contribution in [0, 0.1) is 5.82 Å². The van der Waals surface area contributed by atoms with Crippen LogP contribution in [0.3, 0.4) is 0 Å². The molecule has 0 aliphatic heterocycles. The van der Waals surface area contributed by atoms with Crippen molar-refractivity contribution >= 4 is 29.1 Å². The zero-order valence-corrected chi connectivity index (χ0v) is 16.7. The van der Waals surface area contributed by atoms with Crippen molar-refractivity contribution in [3.05, 3.63) is 64.9 Å². The number of anilines is 1. The number of carbonyl (C=O) groups is 2. The maximum Gasteiger partial charge on any atom is 0.253 e. The molecule has 3 rings (SSSR count). The number of halogens is 2. The lowest BCUT2D eigenvalue weighted by atomic mass is 9.94. The van der Waals surface area contributed by atoms with Gasteiger partial charge in [0.05, 0.1) is 0 Å². The van der Waals surface area contributed by atoms with Crippen LogP contribution in [0.1, 0.15) is 43.7 Å². The van der Waals surface area contributed by atoms with Gasteiger partial charge in [-0.25, -0.2) is 4.39 Å². The van der Waals surface area contributed by atoms with E-state index < -0.39 is 30.3 Å². The highest BCUT2D eigenvalue weighted by molar-refractivity contribution is 6.31. The van der Waals surface area contributed by atoms with Gasteiger partial charge in [0.15, 0.2) is 0 Å². The molecule has 2 aromatic carbocycles. The Hall–Kier alpha value is -2.44. The SMILES string of the molecule is O=C(NC1CCCCC1)C(c1ccccc1Cl)N(C(=O)CO)c1cccc(F)c1. The Bertz CT molecular complexity index is 871. The van der Waals surface area contributed by atoms with E-state index in [1.165, 1.54) is 18.2 Å². The maximum atomic E-state index is 13.9. The summed E-state index contributed by atoms with van der Waals surface area (Å²) < 4.78 is 13.9. The molecule has 0 spiro atoms. The minimum absolute atomic E-state index is 0.0137. The van der Waals surface area contributed by atoms with Gasteiger partial charge in [-0.2, -0.15) is 0 Å². The second kappa shape index (κ2) is 9.85. The smallest absolute Gasteiger partial charge is 0.253 e. The van der Waals surface area contributed by atoms with Crippen LogP contribution in [-0.4, -0.2) is 29.6 Å². The highest BCUT2D eigenvalue weighted by atomic mass is 35.5. The van der Waals surface area contributed by atoms with Gasteiger partial charge in [0.1, 0.15) is 18.5 Å². The zero-order chi connectivity index (χ0) is 20.8. The van der Waals surface area contributed by atoms with E-state index in [-0.39, 0.29) is 11.7 Å². The van der Waals surface area contributed by atoms with Crippen LogP contribution in [0.15, 0.2) is 48.5 Å². The quantitative estimate of drug-likeness (QED) is 0.745. The fourth-order valence-corrected chi connectivity index (χ4v) is 4.00. The van der Waals surface area contributed by atoms with Crippen LogP contribution >= 0.6 is 11.6 Å². The Kier molecular flexibility index (Phi) is 7.23. The van der Waals surface area contributed by atoms with Crippen LogP contribution in [0.5, 0.6) is 0 Å². The van der Waals surface area contributed by atoms with E-state index in [1.54, 1.807) is 24.3 Å². The maximum absolute atomic E-state index is 13.9. The number of rotatable bonds is 6. The minimum Gasteiger partial charge on any atom is -0.387 e. The molecule has 1 saturated carbocycles. The molecule has 7 heteroatoms. The second-order valence-corrected chi connectivity index (χ2v) is 7.58. The molecule has 1 aliphatic carbocycles. The molecule has 29 heavy (non-hydrogen) atoms. The number of benzene rings is 2. The summed E-state index contributed by atoms with van der Waals surface area (Å²) in [4.78, 5) is 27.1. The number of aliphatic hydroxyl groups is 1. The van der Waals surface area contributed by atoms with E-state index in [2.05, 4.69) is 5.32 Å². The standard InChI is InChI=1S/C22H24ClFN2O3/c23-19-12-5-4-11-18(19)21(22(29)25-16-8-2-1-3-9-16)26(20(28)14-27)17-10-6-7-15(24)13-17/h4-7,10-13,16,21,27H,1-3,8-9,14H2,(H,25,29). The van der Waals surface area contributed by atoms with Crippen LogP contribution in [0.25, 0.3) is 0 Å². The number of carbonyl (C=O) groups excluding carboxylic acids is 2. The molecule has 0 radical (unpaired) electrons. The van der Waals surface area contributed by atoms with Gasteiger partial charge in [-0.15, -0.1) is 0 Å². The van der Waals surface area contributed by atoms with Crippen LogP contribution in [0.2, 0.25) is 5.02 Å². The van der Waals surface area contributed by atoms with Crippen molar-refractivity contribution in [2.24, 2.45) is 0 Å². The summed E-state index contributed by atoms with van der Waals surface area (Å²) >= 11 is 6.36. The van der Waals surface area contributed by atoms with Gasteiger partial charge in [0.2, 0.25) is 5.91 Å². The van der Waals surface area contributed by atoms with Crippen molar-refractivity contribution in [3.8, 4) is 0 Å². The molecule has 0 aromatic heterocycles. The number of aliphatic hydroxyl groups excluding tert-OH is 1. The molecule has 0 saturated heterocycles. The lowest BCUT2D eigenvalue weighted by Gasteiger charge is -2.33. The molecule has 154 valence electrons. The molecular formula is C22H24ClFN2O3. The van der Waals surface area contributed by atoms with Gasteiger partial charge >= 0.3 is 0 Å². The lowest BCUT2D eigenvalue weighted by molar-refractivity contribution is -0.128. The topological polar surface area (TPSA) is 69.6 Å². The Balaban J connectivity index is 2.04. The second-order valence-electron chi connectivity index (χ2n) is 7.17. The van der Waals surface area contributed by atoms with Gasteiger partial charge in [0.25, 0.3) is 5.91 Å². The van der Waals surface area contributed by atoms with E-state index in [9.17, 15) is 19.1 Å². The van der Waals surface area contributed by atoms with Gasteiger partial charge in [-0.3, -0.25) is 14.5 Å². The monoisotopic (exact) mass is 418 g/mol. The summed E-state index contributed by atoms with van der Waals surface area (Å²) in [7, 11) is 0. The predicted molar refractivity (Wildman–Crippen MR) is 110 cm³/mol. The van der Waals surface area contributed by atoms with Crippen molar-refractivity contribution in [2.45, 2.75) is 44.2 Å². The lowest BCUT2D eigenvalue weighted by Crippen LogP contribution is -2.48. The molecule has 2 aromatic rings. The van der Waals surface area contributed by atoms with Gasteiger partial charge in [0, 0.05) is 22.3 Å². The first-order chi connectivity index (χ1) is 14.0. The van der Waals surface area contributed by atoms with E-state index in [0.29, 0.717) is 10.6 Å². The molecule has 1 fully saturated rings. The average Bonchev–Trinajstić information content (AvgIpc) is 2.73. The first kappa shape index (κ1) is 21.3. The predicted octanol–water partition coefficient (Wildman–Crippen LogP) is 3.99. The van der Waals surface area contributed by atoms with E-state index in [4.69, 9.17) is 11.6 Å². The number of nitrogens with one attached hydrogen (secondary N) is 1. The summed E-state index contributed by atoms with van der Waals surface area (Å²) in [5.41, 5.74) is 0.585. The largest absolute Gasteiger partial charge is 0.387 e. The Morgan fingerprint density at radius 1 is 1.14 bits per heavy atom. The van der Waals surface area contributed by atoms with Gasteiger partial charge in [-0.1, -0.05) is 55.1 Å². The molecule has 1 aliphatic rings. The van der Waals surface area contributed by atoms with Gasteiger partial charge < -0.3 is 10.4 Å².